The molecule has 0 saturated carbocycles. The quantitative estimate of drug-likeness (QED) is 0.581. The summed E-state index contributed by atoms with van der Waals surface area (Å²) in [6.45, 7) is 0.380. The van der Waals surface area contributed by atoms with Crippen molar-refractivity contribution < 1.29 is 4.79 Å². The van der Waals surface area contributed by atoms with Gasteiger partial charge in [-0.3, -0.25) is 10.6 Å². The fraction of sp³-hybridized carbons (Fsp3) is 0.0667. The van der Waals surface area contributed by atoms with Crippen LogP contribution in [0.15, 0.2) is 48.5 Å². The van der Waals surface area contributed by atoms with E-state index in [0.717, 1.165) is 11.3 Å². The molecule has 0 aliphatic carbocycles. The van der Waals surface area contributed by atoms with Crippen molar-refractivity contribution in [1.82, 2.24) is 5.32 Å². The minimum Gasteiger partial charge on any atom is -0.348 e. The normalized spacial score (nSPS) is 9.60. The van der Waals surface area contributed by atoms with Gasteiger partial charge in [-0.05, 0) is 42.0 Å². The molecule has 4 N–H and O–H groups in total. The minimum absolute atomic E-state index is 0.170. The Balaban J connectivity index is 1.99. The molecule has 1 amide bonds. The third-order valence-electron chi connectivity index (χ3n) is 2.82. The maximum absolute atomic E-state index is 11.9. The number of carbonyl (C=O) groups excluding carboxylic acids is 1. The van der Waals surface area contributed by atoms with Gasteiger partial charge >= 0.3 is 0 Å². The summed E-state index contributed by atoms with van der Waals surface area (Å²) in [5.41, 5.74) is 5.26. The van der Waals surface area contributed by atoms with Crippen molar-refractivity contribution in [3.63, 3.8) is 0 Å². The molecule has 0 saturated heterocycles. The van der Waals surface area contributed by atoms with E-state index in [1.54, 1.807) is 42.5 Å². The van der Waals surface area contributed by atoms with E-state index in [2.05, 4.69) is 16.8 Å². The Hall–Kier alpha value is -2.84. The lowest BCUT2D eigenvalue weighted by Gasteiger charge is -2.06. The summed E-state index contributed by atoms with van der Waals surface area (Å²) >= 11 is 0. The zero-order valence-corrected chi connectivity index (χ0v) is 10.8. The van der Waals surface area contributed by atoms with Crippen molar-refractivity contribution in [3.8, 4) is 6.07 Å². The molecule has 0 spiro atoms. The van der Waals surface area contributed by atoms with E-state index in [1.807, 2.05) is 6.07 Å². The number of carbonyl (C=O) groups is 1. The van der Waals surface area contributed by atoms with Crippen molar-refractivity contribution in [2.75, 3.05) is 5.43 Å². The Bertz CT molecular complexity index is 644. The number of nitrogens with two attached hydrogens (primary N) is 1. The van der Waals surface area contributed by atoms with Crippen LogP contribution in [0.1, 0.15) is 21.5 Å². The van der Waals surface area contributed by atoms with Crippen molar-refractivity contribution in [3.05, 3.63) is 65.2 Å². The number of rotatable bonds is 4. The molecule has 5 nitrogen and oxygen atoms in total. The number of hydrogen-bond acceptors (Lipinski definition) is 4. The zero-order chi connectivity index (χ0) is 14.4. The Labute approximate surface area is 117 Å². The van der Waals surface area contributed by atoms with E-state index in [1.165, 1.54) is 0 Å². The number of hydrogen-bond donors (Lipinski definition) is 3. The standard InChI is InChI=1S/C15H14N4O/c16-9-11-2-1-3-12(8-11)10-18-15(20)13-4-6-14(19-17)7-5-13/h1-8,19H,10,17H2,(H,18,20). The number of hydrazine groups is 1. The average molecular weight is 266 g/mol. The van der Waals surface area contributed by atoms with Gasteiger partial charge in [-0.15, -0.1) is 0 Å². The van der Waals surface area contributed by atoms with Gasteiger partial charge in [0.05, 0.1) is 11.6 Å². The van der Waals surface area contributed by atoms with E-state index in [4.69, 9.17) is 11.1 Å². The molecule has 2 aromatic carbocycles. The highest BCUT2D eigenvalue weighted by molar-refractivity contribution is 5.94. The summed E-state index contributed by atoms with van der Waals surface area (Å²) in [5.74, 6) is 5.09. The molecule has 2 rings (SSSR count). The van der Waals surface area contributed by atoms with Crippen molar-refractivity contribution in [1.29, 1.82) is 5.26 Å². The Morgan fingerprint density at radius 2 is 1.95 bits per heavy atom. The van der Waals surface area contributed by atoms with Gasteiger partial charge < -0.3 is 10.7 Å². The molecular formula is C15H14N4O. The topological polar surface area (TPSA) is 90.9 Å². The molecule has 0 bridgehead atoms. The molecule has 100 valence electrons. The van der Waals surface area contributed by atoms with Crippen LogP contribution in [0.3, 0.4) is 0 Å². The first-order valence-corrected chi connectivity index (χ1v) is 6.07. The molecule has 0 aliphatic heterocycles. The predicted octanol–water partition coefficient (Wildman–Crippen LogP) is 1.77. The van der Waals surface area contributed by atoms with E-state index in [0.29, 0.717) is 17.7 Å². The minimum atomic E-state index is -0.170. The van der Waals surface area contributed by atoms with Crippen molar-refractivity contribution in [2.24, 2.45) is 5.84 Å². The molecule has 0 fully saturated rings. The van der Waals surface area contributed by atoms with Crippen molar-refractivity contribution >= 4 is 11.6 Å². The molecule has 0 aliphatic rings. The van der Waals surface area contributed by atoms with E-state index in [-0.39, 0.29) is 5.91 Å². The summed E-state index contributed by atoms with van der Waals surface area (Å²) in [4.78, 5) is 11.9. The van der Waals surface area contributed by atoms with Crippen molar-refractivity contribution in [2.45, 2.75) is 6.54 Å². The van der Waals surface area contributed by atoms with E-state index >= 15 is 0 Å². The maximum Gasteiger partial charge on any atom is 0.251 e. The van der Waals surface area contributed by atoms with Crippen LogP contribution in [0, 0.1) is 11.3 Å². The molecule has 2 aromatic rings. The Morgan fingerprint density at radius 1 is 1.20 bits per heavy atom. The average Bonchev–Trinajstić information content (AvgIpc) is 2.53. The van der Waals surface area contributed by atoms with E-state index < -0.39 is 0 Å². The first-order valence-electron chi connectivity index (χ1n) is 6.07. The predicted molar refractivity (Wildman–Crippen MR) is 76.6 cm³/mol. The largest absolute Gasteiger partial charge is 0.348 e. The third-order valence-corrected chi connectivity index (χ3v) is 2.82. The molecule has 5 heteroatoms. The molecule has 0 atom stereocenters. The first kappa shape index (κ1) is 13.6. The highest BCUT2D eigenvalue weighted by atomic mass is 16.1. The van der Waals surface area contributed by atoms with Gasteiger partial charge in [-0.25, -0.2) is 0 Å². The second-order valence-electron chi connectivity index (χ2n) is 4.22. The summed E-state index contributed by atoms with van der Waals surface area (Å²) in [6, 6.07) is 16.0. The van der Waals surface area contributed by atoms with Gasteiger partial charge in [0.25, 0.3) is 5.91 Å². The fourth-order valence-corrected chi connectivity index (χ4v) is 1.75. The zero-order valence-electron chi connectivity index (χ0n) is 10.8. The van der Waals surface area contributed by atoms with Gasteiger partial charge in [-0.1, -0.05) is 12.1 Å². The molecular weight excluding hydrogens is 252 g/mol. The number of nitrogen functional groups attached to an aromatic ring is 1. The summed E-state index contributed by atoms with van der Waals surface area (Å²) in [5, 5.41) is 11.6. The molecule has 0 unspecified atom stereocenters. The summed E-state index contributed by atoms with van der Waals surface area (Å²) in [7, 11) is 0. The lowest BCUT2D eigenvalue weighted by Crippen LogP contribution is -2.22. The van der Waals surface area contributed by atoms with Crippen LogP contribution in [0.2, 0.25) is 0 Å². The SMILES string of the molecule is N#Cc1cccc(CNC(=O)c2ccc(NN)cc2)c1. The van der Waals surface area contributed by atoms with Gasteiger partial charge in [-0.2, -0.15) is 5.26 Å². The third kappa shape index (κ3) is 3.34. The summed E-state index contributed by atoms with van der Waals surface area (Å²) in [6.07, 6.45) is 0. The highest BCUT2D eigenvalue weighted by Crippen LogP contribution is 2.08. The van der Waals surface area contributed by atoms with Crippen LogP contribution in [0.25, 0.3) is 0 Å². The van der Waals surface area contributed by atoms with Crippen LogP contribution in [-0.4, -0.2) is 5.91 Å². The summed E-state index contributed by atoms with van der Waals surface area (Å²) < 4.78 is 0. The molecule has 20 heavy (non-hydrogen) atoms. The lowest BCUT2D eigenvalue weighted by molar-refractivity contribution is 0.0951. The maximum atomic E-state index is 11.9. The van der Waals surface area contributed by atoms with Gasteiger partial charge in [0, 0.05) is 17.8 Å². The fourth-order valence-electron chi connectivity index (χ4n) is 1.75. The van der Waals surface area contributed by atoms with Gasteiger partial charge in [0.1, 0.15) is 0 Å². The van der Waals surface area contributed by atoms with Gasteiger partial charge in [0.15, 0.2) is 0 Å². The van der Waals surface area contributed by atoms with Crippen LogP contribution < -0.4 is 16.6 Å². The second kappa shape index (κ2) is 6.36. The molecule has 0 aromatic heterocycles. The van der Waals surface area contributed by atoms with Gasteiger partial charge in [0.2, 0.25) is 0 Å². The number of nitrogens with one attached hydrogen (secondary N) is 2. The Kier molecular flexibility index (Phi) is 4.32. The lowest BCUT2D eigenvalue weighted by atomic mass is 10.1. The van der Waals surface area contributed by atoms with Crippen LogP contribution in [0.4, 0.5) is 5.69 Å². The van der Waals surface area contributed by atoms with E-state index in [9.17, 15) is 4.79 Å². The van der Waals surface area contributed by atoms with Crippen LogP contribution in [0.5, 0.6) is 0 Å². The van der Waals surface area contributed by atoms with Crippen LogP contribution in [-0.2, 0) is 6.54 Å². The highest BCUT2D eigenvalue weighted by Gasteiger charge is 2.05. The number of benzene rings is 2. The second-order valence-corrected chi connectivity index (χ2v) is 4.22. The monoisotopic (exact) mass is 266 g/mol. The first-order chi connectivity index (χ1) is 9.72. The molecule has 0 heterocycles. The number of nitriles is 1. The molecule has 0 radical (unpaired) electrons. The number of anilines is 1. The number of amides is 1. The van der Waals surface area contributed by atoms with Crippen LogP contribution >= 0.6 is 0 Å². The smallest absolute Gasteiger partial charge is 0.251 e. The number of nitrogens with zero attached hydrogens (tertiary/aromatic N) is 1. The Morgan fingerprint density at radius 3 is 2.60 bits per heavy atom.